The van der Waals surface area contributed by atoms with Gasteiger partial charge in [-0.15, -0.1) is 12.4 Å². The summed E-state index contributed by atoms with van der Waals surface area (Å²) in [5, 5.41) is 2.99. The Morgan fingerprint density at radius 2 is 1.68 bits per heavy atom. The standard InChI is InChI=1S/C19H31N3O4S.ClH/c1-5-19(6-2,13-20)21-18(23)16-7-9-17(10-8-16)27(24,25)22-11-14(3)26-15(4)12-22;/h7-10,14-15H,5-6,11-13,20H2,1-4H3,(H,21,23);1H. The van der Waals surface area contributed by atoms with Crippen LogP contribution in [0.15, 0.2) is 29.2 Å². The Bertz CT molecular complexity index is 733. The van der Waals surface area contributed by atoms with Gasteiger partial charge < -0.3 is 15.8 Å². The lowest BCUT2D eigenvalue weighted by Crippen LogP contribution is -2.52. The quantitative estimate of drug-likeness (QED) is 0.686. The summed E-state index contributed by atoms with van der Waals surface area (Å²) in [4.78, 5) is 12.7. The van der Waals surface area contributed by atoms with Gasteiger partial charge in [-0.25, -0.2) is 8.42 Å². The summed E-state index contributed by atoms with van der Waals surface area (Å²) in [6, 6.07) is 6.05. The van der Waals surface area contributed by atoms with Crippen molar-refractivity contribution in [3.05, 3.63) is 29.8 Å². The molecular formula is C19H32ClN3O4S. The van der Waals surface area contributed by atoms with Gasteiger partial charge in [0.25, 0.3) is 5.91 Å². The Morgan fingerprint density at radius 1 is 1.18 bits per heavy atom. The number of sulfonamides is 1. The largest absolute Gasteiger partial charge is 0.373 e. The Morgan fingerprint density at radius 3 is 2.11 bits per heavy atom. The number of benzene rings is 1. The fourth-order valence-corrected chi connectivity index (χ4v) is 4.92. The zero-order valence-corrected chi connectivity index (χ0v) is 18.6. The molecule has 1 heterocycles. The lowest BCUT2D eigenvalue weighted by atomic mass is 9.92. The van der Waals surface area contributed by atoms with E-state index in [1.54, 1.807) is 12.1 Å². The van der Waals surface area contributed by atoms with Crippen molar-refractivity contribution in [2.75, 3.05) is 19.6 Å². The minimum absolute atomic E-state index is 0. The first-order valence-corrected chi connectivity index (χ1v) is 10.9. The summed E-state index contributed by atoms with van der Waals surface area (Å²) < 4.78 is 32.8. The van der Waals surface area contributed by atoms with Crippen LogP contribution in [-0.2, 0) is 14.8 Å². The minimum atomic E-state index is -3.62. The molecule has 1 aromatic rings. The lowest BCUT2D eigenvalue weighted by Gasteiger charge is -2.34. The number of morpholine rings is 1. The molecule has 3 N–H and O–H groups in total. The zero-order chi connectivity index (χ0) is 20.2. The van der Waals surface area contributed by atoms with Gasteiger partial charge in [0.15, 0.2) is 0 Å². The van der Waals surface area contributed by atoms with Gasteiger partial charge in [-0.2, -0.15) is 4.31 Å². The van der Waals surface area contributed by atoms with Crippen LogP contribution in [0.2, 0.25) is 0 Å². The molecule has 160 valence electrons. The average Bonchev–Trinajstić information content (AvgIpc) is 2.65. The molecule has 2 rings (SSSR count). The van der Waals surface area contributed by atoms with Crippen LogP contribution in [0, 0.1) is 0 Å². The number of carbonyl (C=O) groups is 1. The molecule has 9 heteroatoms. The van der Waals surface area contributed by atoms with Crippen molar-refractivity contribution in [2.45, 2.75) is 63.2 Å². The molecule has 7 nitrogen and oxygen atoms in total. The summed E-state index contributed by atoms with van der Waals surface area (Å²) >= 11 is 0. The smallest absolute Gasteiger partial charge is 0.251 e. The molecule has 1 aliphatic heterocycles. The van der Waals surface area contributed by atoms with Gasteiger partial charge >= 0.3 is 0 Å². The molecule has 0 spiro atoms. The Balaban J connectivity index is 0.00000392. The number of hydrogen-bond acceptors (Lipinski definition) is 5. The number of halogens is 1. The van der Waals surface area contributed by atoms with Crippen LogP contribution < -0.4 is 11.1 Å². The number of carbonyl (C=O) groups excluding carboxylic acids is 1. The highest BCUT2D eigenvalue weighted by Gasteiger charge is 2.32. The van der Waals surface area contributed by atoms with E-state index in [-0.39, 0.29) is 35.4 Å². The van der Waals surface area contributed by atoms with E-state index in [4.69, 9.17) is 10.5 Å². The van der Waals surface area contributed by atoms with Crippen molar-refractivity contribution in [2.24, 2.45) is 5.73 Å². The third-order valence-corrected chi connectivity index (χ3v) is 7.11. The summed E-state index contributed by atoms with van der Waals surface area (Å²) in [5.74, 6) is -0.248. The molecule has 1 fully saturated rings. The predicted molar refractivity (Wildman–Crippen MR) is 112 cm³/mol. The molecule has 1 aromatic carbocycles. The maximum Gasteiger partial charge on any atom is 0.251 e. The zero-order valence-electron chi connectivity index (χ0n) is 17.0. The monoisotopic (exact) mass is 433 g/mol. The fourth-order valence-electron chi connectivity index (χ4n) is 3.33. The van der Waals surface area contributed by atoms with Gasteiger partial charge in [0.1, 0.15) is 0 Å². The third-order valence-electron chi connectivity index (χ3n) is 5.26. The normalized spacial score (nSPS) is 21.0. The summed E-state index contributed by atoms with van der Waals surface area (Å²) in [7, 11) is -3.62. The summed E-state index contributed by atoms with van der Waals surface area (Å²) in [6.07, 6.45) is 1.15. The number of amides is 1. The van der Waals surface area contributed by atoms with Gasteiger partial charge in [0, 0.05) is 25.2 Å². The first-order chi connectivity index (χ1) is 12.7. The molecule has 2 unspecified atom stereocenters. The molecule has 0 aliphatic carbocycles. The van der Waals surface area contributed by atoms with E-state index < -0.39 is 15.6 Å². The van der Waals surface area contributed by atoms with E-state index in [1.807, 2.05) is 27.7 Å². The van der Waals surface area contributed by atoms with E-state index in [0.717, 1.165) is 12.8 Å². The average molecular weight is 434 g/mol. The second-order valence-electron chi connectivity index (χ2n) is 7.25. The number of nitrogens with one attached hydrogen (secondary N) is 1. The first-order valence-electron chi connectivity index (χ1n) is 9.45. The van der Waals surface area contributed by atoms with Crippen molar-refractivity contribution in [3.8, 4) is 0 Å². The molecule has 1 amide bonds. The molecule has 0 radical (unpaired) electrons. The van der Waals surface area contributed by atoms with E-state index in [1.165, 1.54) is 16.4 Å². The van der Waals surface area contributed by atoms with Gasteiger partial charge in [-0.05, 0) is 51.0 Å². The van der Waals surface area contributed by atoms with E-state index in [0.29, 0.717) is 25.2 Å². The Kier molecular flexibility index (Phi) is 8.90. The fraction of sp³-hybridized carbons (Fsp3) is 0.632. The van der Waals surface area contributed by atoms with Crippen molar-refractivity contribution in [1.82, 2.24) is 9.62 Å². The number of nitrogens with zero attached hydrogens (tertiary/aromatic N) is 1. The topological polar surface area (TPSA) is 102 Å². The van der Waals surface area contributed by atoms with Crippen molar-refractivity contribution >= 4 is 28.3 Å². The number of ether oxygens (including phenoxy) is 1. The van der Waals surface area contributed by atoms with E-state index in [9.17, 15) is 13.2 Å². The highest BCUT2D eigenvalue weighted by atomic mass is 35.5. The van der Waals surface area contributed by atoms with E-state index in [2.05, 4.69) is 5.32 Å². The number of hydrogen-bond donors (Lipinski definition) is 2. The molecule has 2 atom stereocenters. The number of rotatable bonds is 7. The predicted octanol–water partition coefficient (Wildman–Crippen LogP) is 2.15. The lowest BCUT2D eigenvalue weighted by molar-refractivity contribution is -0.0440. The van der Waals surface area contributed by atoms with E-state index >= 15 is 0 Å². The van der Waals surface area contributed by atoms with Crippen LogP contribution in [-0.4, -0.2) is 56.0 Å². The van der Waals surface area contributed by atoms with Gasteiger partial charge in [-0.1, -0.05) is 13.8 Å². The number of nitrogens with two attached hydrogens (primary N) is 1. The SMILES string of the molecule is CCC(CC)(CN)NC(=O)c1ccc(S(=O)(=O)N2CC(C)OC(C)C2)cc1.Cl. The Hall–Kier alpha value is -1.19. The highest BCUT2D eigenvalue weighted by molar-refractivity contribution is 7.89. The van der Waals surface area contributed by atoms with Crippen LogP contribution in [0.3, 0.4) is 0 Å². The van der Waals surface area contributed by atoms with Gasteiger partial charge in [-0.3, -0.25) is 4.79 Å². The molecule has 28 heavy (non-hydrogen) atoms. The van der Waals surface area contributed by atoms with Crippen LogP contribution in [0.25, 0.3) is 0 Å². The minimum Gasteiger partial charge on any atom is -0.373 e. The van der Waals surface area contributed by atoms with Crippen molar-refractivity contribution < 1.29 is 17.9 Å². The first kappa shape index (κ1) is 24.8. The maximum absolute atomic E-state index is 12.9. The molecular weight excluding hydrogens is 402 g/mol. The third kappa shape index (κ3) is 5.45. The maximum atomic E-state index is 12.9. The second kappa shape index (κ2) is 10.0. The second-order valence-corrected chi connectivity index (χ2v) is 9.19. The van der Waals surface area contributed by atoms with Crippen LogP contribution in [0.5, 0.6) is 0 Å². The molecule has 0 aromatic heterocycles. The van der Waals surface area contributed by atoms with Crippen LogP contribution in [0.4, 0.5) is 0 Å². The molecule has 1 aliphatic rings. The Labute approximate surface area is 174 Å². The van der Waals surface area contributed by atoms with Crippen molar-refractivity contribution in [1.29, 1.82) is 0 Å². The van der Waals surface area contributed by atoms with Gasteiger partial charge in [0.05, 0.1) is 22.6 Å². The summed E-state index contributed by atoms with van der Waals surface area (Å²) in [5.41, 5.74) is 5.80. The van der Waals surface area contributed by atoms with Gasteiger partial charge in [0.2, 0.25) is 10.0 Å². The van der Waals surface area contributed by atoms with Crippen molar-refractivity contribution in [3.63, 3.8) is 0 Å². The van der Waals surface area contributed by atoms with Crippen LogP contribution >= 0.6 is 12.4 Å². The molecule has 1 saturated heterocycles. The van der Waals surface area contributed by atoms with Crippen LogP contribution in [0.1, 0.15) is 50.9 Å². The molecule has 0 saturated carbocycles. The summed E-state index contributed by atoms with van der Waals surface area (Å²) in [6.45, 7) is 8.67. The highest BCUT2D eigenvalue weighted by Crippen LogP contribution is 2.22. The molecule has 0 bridgehead atoms.